The molecule has 9 nitrogen and oxygen atoms in total. The minimum atomic E-state index is -2.76. The maximum Gasteiger partial charge on any atom is 0.282 e. The maximum atomic E-state index is 14.7. The van der Waals surface area contributed by atoms with Gasteiger partial charge in [-0.3, -0.25) is 4.57 Å². The molecular formula is C23H18ClF3N8O. The van der Waals surface area contributed by atoms with Gasteiger partial charge in [-0.2, -0.15) is 5.10 Å². The molecule has 184 valence electrons. The number of nitrogens with zero attached hydrogens (tertiary/aromatic N) is 7. The smallest absolute Gasteiger partial charge is 0.282 e. The van der Waals surface area contributed by atoms with Gasteiger partial charge in [-0.05, 0) is 50.2 Å². The Kier molecular flexibility index (Phi) is 6.06. The summed E-state index contributed by atoms with van der Waals surface area (Å²) in [6, 6.07) is 10.4. The second kappa shape index (κ2) is 9.21. The van der Waals surface area contributed by atoms with Crippen molar-refractivity contribution < 1.29 is 18.3 Å². The van der Waals surface area contributed by atoms with E-state index in [0.717, 1.165) is 0 Å². The summed E-state index contributed by atoms with van der Waals surface area (Å²) in [5, 5.41) is 24.9. The zero-order chi connectivity index (χ0) is 25.6. The first-order chi connectivity index (χ1) is 17.2. The van der Waals surface area contributed by atoms with Crippen molar-refractivity contribution in [2.75, 3.05) is 5.32 Å². The van der Waals surface area contributed by atoms with Gasteiger partial charge in [0.15, 0.2) is 16.8 Å². The van der Waals surface area contributed by atoms with Gasteiger partial charge in [0.05, 0.1) is 22.8 Å². The molecule has 5 rings (SSSR count). The number of anilines is 2. The third-order valence-corrected chi connectivity index (χ3v) is 5.65. The first-order valence-corrected chi connectivity index (χ1v) is 11.1. The fourth-order valence-electron chi connectivity index (χ4n) is 3.73. The highest BCUT2D eigenvalue weighted by Crippen LogP contribution is 2.29. The number of fused-ring (bicyclic) bond motifs is 1. The van der Waals surface area contributed by atoms with Gasteiger partial charge < -0.3 is 10.4 Å². The van der Waals surface area contributed by atoms with E-state index in [1.165, 1.54) is 35.3 Å². The van der Waals surface area contributed by atoms with Gasteiger partial charge in [0, 0.05) is 17.3 Å². The molecule has 1 unspecified atom stereocenters. The van der Waals surface area contributed by atoms with Crippen molar-refractivity contribution >= 4 is 34.1 Å². The molecule has 36 heavy (non-hydrogen) atoms. The van der Waals surface area contributed by atoms with Crippen molar-refractivity contribution in [2.45, 2.75) is 26.4 Å². The first-order valence-electron chi connectivity index (χ1n) is 10.7. The van der Waals surface area contributed by atoms with Crippen LogP contribution in [0.3, 0.4) is 0 Å². The van der Waals surface area contributed by atoms with Crippen LogP contribution in [0.15, 0.2) is 48.8 Å². The number of pyridine rings is 1. The summed E-state index contributed by atoms with van der Waals surface area (Å²) in [5.74, 6) is 0.267. The third-order valence-electron chi connectivity index (χ3n) is 5.45. The molecular weight excluding hydrogens is 497 g/mol. The van der Waals surface area contributed by atoms with E-state index in [1.807, 2.05) is 0 Å². The van der Waals surface area contributed by atoms with Crippen LogP contribution in [0.25, 0.3) is 22.7 Å². The van der Waals surface area contributed by atoms with E-state index >= 15 is 0 Å². The van der Waals surface area contributed by atoms with Crippen LogP contribution in [0.1, 0.15) is 36.4 Å². The van der Waals surface area contributed by atoms with Crippen molar-refractivity contribution in [1.29, 1.82) is 0 Å². The predicted molar refractivity (Wildman–Crippen MR) is 127 cm³/mol. The highest BCUT2D eigenvalue weighted by Gasteiger charge is 2.20. The molecule has 1 atom stereocenters. The Morgan fingerprint density at radius 2 is 1.89 bits per heavy atom. The molecule has 5 aromatic rings. The summed E-state index contributed by atoms with van der Waals surface area (Å²) in [7, 11) is 0. The van der Waals surface area contributed by atoms with Gasteiger partial charge >= 0.3 is 0 Å². The van der Waals surface area contributed by atoms with Crippen LogP contribution >= 0.6 is 11.6 Å². The lowest BCUT2D eigenvalue weighted by molar-refractivity contribution is 0.145. The third kappa shape index (κ3) is 4.36. The highest BCUT2D eigenvalue weighted by molar-refractivity contribution is 6.29. The molecule has 0 aliphatic heterocycles. The van der Waals surface area contributed by atoms with Crippen LogP contribution in [0, 0.1) is 12.7 Å². The van der Waals surface area contributed by atoms with Gasteiger partial charge in [0.25, 0.3) is 6.43 Å². The normalized spacial score (nSPS) is 12.4. The molecule has 0 amide bonds. The molecule has 4 aromatic heterocycles. The summed E-state index contributed by atoms with van der Waals surface area (Å²) >= 11 is 5.76. The standard InChI is InChI=1S/C23H18ClF3N8O/c1-11-7-17(22(26)27)33-35(11)23-13(12(2)36)3-6-21(30-23)34-10-28-16-8-14(25)15(9-18(16)34)29-20-5-4-19(24)31-32-20/h3-10,12,22,36H,1-2H3,(H,29,32). The van der Waals surface area contributed by atoms with E-state index in [-0.39, 0.29) is 22.5 Å². The predicted octanol–water partition coefficient (Wildman–Crippen LogP) is 5.23. The van der Waals surface area contributed by atoms with E-state index in [9.17, 15) is 18.3 Å². The van der Waals surface area contributed by atoms with E-state index < -0.39 is 24.0 Å². The SMILES string of the molecule is Cc1cc(C(F)F)nn1-c1nc(-n2cnc3cc(F)c(Nc4ccc(Cl)nn4)cc32)ccc1C(C)O. The maximum absolute atomic E-state index is 14.7. The minimum absolute atomic E-state index is 0.117. The quantitative estimate of drug-likeness (QED) is 0.319. The molecule has 0 saturated carbocycles. The molecule has 2 N–H and O–H groups in total. The Morgan fingerprint density at radius 3 is 2.56 bits per heavy atom. The number of aliphatic hydroxyl groups excluding tert-OH is 1. The van der Waals surface area contributed by atoms with Crippen molar-refractivity contribution in [3.8, 4) is 11.6 Å². The average molecular weight is 515 g/mol. The lowest BCUT2D eigenvalue weighted by Crippen LogP contribution is -2.11. The van der Waals surface area contributed by atoms with E-state index in [1.54, 1.807) is 36.6 Å². The van der Waals surface area contributed by atoms with E-state index in [4.69, 9.17) is 11.6 Å². The highest BCUT2D eigenvalue weighted by atomic mass is 35.5. The molecule has 0 radical (unpaired) electrons. The van der Waals surface area contributed by atoms with Gasteiger partial charge in [0.2, 0.25) is 0 Å². The second-order valence-electron chi connectivity index (χ2n) is 7.98. The molecule has 0 aliphatic carbocycles. The van der Waals surface area contributed by atoms with E-state index in [0.29, 0.717) is 28.1 Å². The Balaban J connectivity index is 1.61. The second-order valence-corrected chi connectivity index (χ2v) is 8.37. The molecule has 4 heterocycles. The van der Waals surface area contributed by atoms with Gasteiger partial charge in [-0.25, -0.2) is 27.8 Å². The Hall–Kier alpha value is -4.03. The first kappa shape index (κ1) is 23.7. The number of aromatic nitrogens is 7. The fourth-order valence-corrected chi connectivity index (χ4v) is 3.83. The van der Waals surface area contributed by atoms with Gasteiger partial charge in [-0.15, -0.1) is 10.2 Å². The van der Waals surface area contributed by atoms with Crippen molar-refractivity contribution in [3.63, 3.8) is 0 Å². The van der Waals surface area contributed by atoms with E-state index in [2.05, 4.69) is 30.6 Å². The summed E-state index contributed by atoms with van der Waals surface area (Å²) in [6.07, 6.45) is -2.23. The molecule has 13 heteroatoms. The molecule has 0 bridgehead atoms. The fraction of sp³-hybridized carbons (Fsp3) is 0.174. The zero-order valence-electron chi connectivity index (χ0n) is 18.9. The number of rotatable bonds is 6. The number of nitrogens with one attached hydrogen (secondary N) is 1. The number of benzene rings is 1. The van der Waals surface area contributed by atoms with Crippen LogP contribution in [0.4, 0.5) is 24.7 Å². The van der Waals surface area contributed by atoms with Crippen LogP contribution in [0.2, 0.25) is 5.15 Å². The Labute approximate surface area is 207 Å². The van der Waals surface area contributed by atoms with Crippen LogP contribution < -0.4 is 5.32 Å². The monoisotopic (exact) mass is 514 g/mol. The molecule has 0 fully saturated rings. The zero-order valence-corrected chi connectivity index (χ0v) is 19.6. The number of hydrogen-bond acceptors (Lipinski definition) is 7. The van der Waals surface area contributed by atoms with Crippen LogP contribution in [0.5, 0.6) is 0 Å². The number of aryl methyl sites for hydroxylation is 1. The number of imidazole rings is 1. The minimum Gasteiger partial charge on any atom is -0.389 e. The Morgan fingerprint density at radius 1 is 1.08 bits per heavy atom. The largest absolute Gasteiger partial charge is 0.389 e. The van der Waals surface area contributed by atoms with Gasteiger partial charge in [-0.1, -0.05) is 11.6 Å². The summed E-state index contributed by atoms with van der Waals surface area (Å²) in [4.78, 5) is 8.86. The lowest BCUT2D eigenvalue weighted by atomic mass is 10.1. The van der Waals surface area contributed by atoms with Crippen molar-refractivity contribution in [1.82, 2.24) is 34.5 Å². The van der Waals surface area contributed by atoms with Gasteiger partial charge in [0.1, 0.15) is 23.7 Å². The number of aliphatic hydroxyl groups is 1. The molecule has 0 spiro atoms. The number of alkyl halides is 2. The molecule has 0 aliphatic rings. The summed E-state index contributed by atoms with van der Waals surface area (Å²) in [6.45, 7) is 3.16. The molecule has 0 saturated heterocycles. The molecule has 1 aromatic carbocycles. The average Bonchev–Trinajstić information content (AvgIpc) is 3.43. The summed E-state index contributed by atoms with van der Waals surface area (Å²) in [5.41, 5.74) is 1.40. The summed E-state index contributed by atoms with van der Waals surface area (Å²) < 4.78 is 44.1. The lowest BCUT2D eigenvalue weighted by Gasteiger charge is -2.15. The van der Waals surface area contributed by atoms with Crippen LogP contribution in [-0.2, 0) is 0 Å². The van der Waals surface area contributed by atoms with Crippen molar-refractivity contribution in [2.24, 2.45) is 0 Å². The van der Waals surface area contributed by atoms with Crippen molar-refractivity contribution in [3.05, 3.63) is 76.7 Å². The van der Waals surface area contributed by atoms with Crippen LogP contribution in [-0.4, -0.2) is 39.6 Å². The number of halogens is 4. The number of hydrogen-bond donors (Lipinski definition) is 2. The Bertz CT molecular complexity index is 1570. The topological polar surface area (TPSA) is 107 Å².